The lowest BCUT2D eigenvalue weighted by molar-refractivity contribution is -0.132. The molecule has 0 spiro atoms. The van der Waals surface area contributed by atoms with Gasteiger partial charge < -0.3 is 10.6 Å². The van der Waals surface area contributed by atoms with Crippen molar-refractivity contribution in [2.24, 2.45) is 11.7 Å². The van der Waals surface area contributed by atoms with Gasteiger partial charge in [0.05, 0.1) is 6.04 Å². The first-order chi connectivity index (χ1) is 8.40. The van der Waals surface area contributed by atoms with Crippen molar-refractivity contribution in [3.8, 4) is 0 Å². The van der Waals surface area contributed by atoms with Crippen molar-refractivity contribution in [3.05, 3.63) is 35.4 Å². The van der Waals surface area contributed by atoms with E-state index in [0.717, 1.165) is 12.0 Å². The van der Waals surface area contributed by atoms with Crippen LogP contribution < -0.4 is 5.73 Å². The van der Waals surface area contributed by atoms with Crippen LogP contribution in [0.5, 0.6) is 0 Å². The average molecular weight is 285 g/mol. The quantitative estimate of drug-likeness (QED) is 0.904. The molecule has 0 unspecified atom stereocenters. The minimum absolute atomic E-state index is 0. The third kappa shape index (κ3) is 6.08. The molecule has 0 aliphatic rings. The van der Waals surface area contributed by atoms with Crippen LogP contribution in [0.2, 0.25) is 0 Å². The highest BCUT2D eigenvalue weighted by Crippen LogP contribution is 2.09. The Morgan fingerprint density at radius 2 is 1.79 bits per heavy atom. The van der Waals surface area contributed by atoms with Gasteiger partial charge in [0.2, 0.25) is 5.91 Å². The molecule has 19 heavy (non-hydrogen) atoms. The zero-order chi connectivity index (χ0) is 13.7. The molecule has 1 atom stereocenters. The molecule has 1 amide bonds. The molecule has 2 N–H and O–H groups in total. The van der Waals surface area contributed by atoms with E-state index in [1.54, 1.807) is 4.90 Å². The highest BCUT2D eigenvalue weighted by molar-refractivity contribution is 5.85. The number of benzene rings is 1. The topological polar surface area (TPSA) is 46.3 Å². The number of hydrogen-bond donors (Lipinski definition) is 1. The van der Waals surface area contributed by atoms with E-state index in [2.05, 4.69) is 32.9 Å². The first kappa shape index (κ1) is 17.9. The van der Waals surface area contributed by atoms with E-state index in [9.17, 15) is 4.79 Å². The predicted molar refractivity (Wildman–Crippen MR) is 82.3 cm³/mol. The highest BCUT2D eigenvalue weighted by atomic mass is 35.5. The van der Waals surface area contributed by atoms with Crippen LogP contribution in [0.4, 0.5) is 0 Å². The Kier molecular flexibility index (Phi) is 7.72. The van der Waals surface area contributed by atoms with Crippen LogP contribution in [0.25, 0.3) is 0 Å². The number of aryl methyl sites for hydroxylation is 1. The van der Waals surface area contributed by atoms with Gasteiger partial charge in [-0.1, -0.05) is 43.7 Å². The van der Waals surface area contributed by atoms with Crippen molar-refractivity contribution >= 4 is 18.3 Å². The van der Waals surface area contributed by atoms with Gasteiger partial charge in [0.1, 0.15) is 0 Å². The van der Waals surface area contributed by atoms with Crippen LogP contribution in [-0.4, -0.2) is 23.9 Å². The molecule has 1 aromatic carbocycles. The molecular weight excluding hydrogens is 260 g/mol. The Balaban J connectivity index is 0.00000324. The number of halogens is 1. The van der Waals surface area contributed by atoms with Crippen LogP contribution in [-0.2, 0) is 11.3 Å². The Morgan fingerprint density at radius 3 is 2.26 bits per heavy atom. The fourth-order valence-corrected chi connectivity index (χ4v) is 1.94. The molecule has 1 rings (SSSR count). The Bertz CT molecular complexity index is 390. The number of rotatable bonds is 5. The first-order valence-corrected chi connectivity index (χ1v) is 6.46. The van der Waals surface area contributed by atoms with E-state index in [1.165, 1.54) is 5.56 Å². The second kappa shape index (κ2) is 8.18. The molecule has 0 saturated carbocycles. The number of hydrogen-bond acceptors (Lipinski definition) is 2. The summed E-state index contributed by atoms with van der Waals surface area (Å²) in [6.45, 7) is 6.82. The number of nitrogens with two attached hydrogens (primary N) is 1. The maximum absolute atomic E-state index is 12.1. The predicted octanol–water partition coefficient (Wildman–Crippen LogP) is 2.75. The van der Waals surface area contributed by atoms with Gasteiger partial charge in [-0.25, -0.2) is 0 Å². The lowest BCUT2D eigenvalue weighted by Crippen LogP contribution is -2.42. The van der Waals surface area contributed by atoms with Gasteiger partial charge in [-0.05, 0) is 24.8 Å². The van der Waals surface area contributed by atoms with Crippen molar-refractivity contribution in [2.45, 2.75) is 39.8 Å². The Hall–Kier alpha value is -1.06. The summed E-state index contributed by atoms with van der Waals surface area (Å²) in [6, 6.07) is 7.82. The summed E-state index contributed by atoms with van der Waals surface area (Å²) < 4.78 is 0. The number of nitrogens with zero attached hydrogens (tertiary/aromatic N) is 1. The second-order valence-corrected chi connectivity index (χ2v) is 5.42. The normalized spacial score (nSPS) is 11.9. The molecule has 0 saturated heterocycles. The molecule has 0 radical (unpaired) electrons. The maximum Gasteiger partial charge on any atom is 0.239 e. The van der Waals surface area contributed by atoms with Crippen molar-refractivity contribution in [2.75, 3.05) is 7.05 Å². The van der Waals surface area contributed by atoms with Gasteiger partial charge in [-0.2, -0.15) is 0 Å². The van der Waals surface area contributed by atoms with E-state index < -0.39 is 0 Å². The Morgan fingerprint density at radius 1 is 1.26 bits per heavy atom. The summed E-state index contributed by atoms with van der Waals surface area (Å²) in [5.74, 6) is 0.459. The summed E-state index contributed by atoms with van der Waals surface area (Å²) in [5.41, 5.74) is 8.26. The molecule has 0 heterocycles. The monoisotopic (exact) mass is 284 g/mol. The zero-order valence-electron chi connectivity index (χ0n) is 12.2. The van der Waals surface area contributed by atoms with Crippen LogP contribution in [0, 0.1) is 12.8 Å². The highest BCUT2D eigenvalue weighted by Gasteiger charge is 2.18. The van der Waals surface area contributed by atoms with Crippen LogP contribution >= 0.6 is 12.4 Å². The molecule has 108 valence electrons. The summed E-state index contributed by atoms with van der Waals surface area (Å²) in [5, 5.41) is 0. The largest absolute Gasteiger partial charge is 0.340 e. The molecular formula is C15H25ClN2O. The molecule has 0 aliphatic heterocycles. The Labute approximate surface area is 122 Å². The molecule has 0 aromatic heterocycles. The smallest absolute Gasteiger partial charge is 0.239 e. The lowest BCUT2D eigenvalue weighted by Gasteiger charge is -2.22. The fourth-order valence-electron chi connectivity index (χ4n) is 1.94. The van der Waals surface area contributed by atoms with Gasteiger partial charge in [0, 0.05) is 13.6 Å². The summed E-state index contributed by atoms with van der Waals surface area (Å²) >= 11 is 0. The van der Waals surface area contributed by atoms with E-state index in [0.29, 0.717) is 12.5 Å². The van der Waals surface area contributed by atoms with Crippen LogP contribution in [0.3, 0.4) is 0 Å². The van der Waals surface area contributed by atoms with Gasteiger partial charge in [0.25, 0.3) is 0 Å². The molecule has 4 heteroatoms. The van der Waals surface area contributed by atoms with Gasteiger partial charge in [-0.3, -0.25) is 4.79 Å². The molecule has 0 aliphatic carbocycles. The summed E-state index contributed by atoms with van der Waals surface area (Å²) in [7, 11) is 1.81. The van der Waals surface area contributed by atoms with Crippen molar-refractivity contribution in [1.29, 1.82) is 0 Å². The van der Waals surface area contributed by atoms with Crippen molar-refractivity contribution < 1.29 is 4.79 Å². The van der Waals surface area contributed by atoms with E-state index >= 15 is 0 Å². The zero-order valence-corrected chi connectivity index (χ0v) is 13.0. The van der Waals surface area contributed by atoms with E-state index in [4.69, 9.17) is 5.73 Å². The third-order valence-corrected chi connectivity index (χ3v) is 2.96. The van der Waals surface area contributed by atoms with E-state index in [1.807, 2.05) is 19.2 Å². The van der Waals surface area contributed by atoms with Crippen molar-refractivity contribution in [3.63, 3.8) is 0 Å². The molecule has 1 aromatic rings. The standard InChI is InChI=1S/C15H24N2O.ClH/c1-11(2)9-14(16)15(18)17(4)10-13-7-5-12(3)6-8-13;/h5-8,11,14H,9-10,16H2,1-4H3;1H/t14-;/m0./s1. The van der Waals surface area contributed by atoms with E-state index in [-0.39, 0.29) is 24.4 Å². The molecule has 3 nitrogen and oxygen atoms in total. The minimum atomic E-state index is -0.388. The first-order valence-electron chi connectivity index (χ1n) is 6.46. The van der Waals surface area contributed by atoms with Crippen molar-refractivity contribution in [1.82, 2.24) is 4.90 Å². The minimum Gasteiger partial charge on any atom is -0.340 e. The third-order valence-electron chi connectivity index (χ3n) is 2.96. The summed E-state index contributed by atoms with van der Waals surface area (Å²) in [6.07, 6.45) is 0.733. The number of amides is 1. The van der Waals surface area contributed by atoms with Gasteiger partial charge in [-0.15, -0.1) is 12.4 Å². The van der Waals surface area contributed by atoms with Crippen LogP contribution in [0.15, 0.2) is 24.3 Å². The SMILES string of the molecule is Cc1ccc(CN(C)C(=O)[C@@H](N)CC(C)C)cc1.Cl. The number of carbonyl (C=O) groups is 1. The second-order valence-electron chi connectivity index (χ2n) is 5.42. The number of likely N-dealkylation sites (N-methyl/N-ethyl adjacent to an activating group) is 1. The van der Waals surface area contributed by atoms with Crippen LogP contribution in [0.1, 0.15) is 31.4 Å². The number of carbonyl (C=O) groups excluding carboxylic acids is 1. The lowest BCUT2D eigenvalue weighted by atomic mass is 10.0. The summed E-state index contributed by atoms with van der Waals surface area (Å²) in [4.78, 5) is 13.8. The molecule has 0 fully saturated rings. The van der Waals surface area contributed by atoms with Gasteiger partial charge >= 0.3 is 0 Å². The average Bonchev–Trinajstić information content (AvgIpc) is 2.30. The van der Waals surface area contributed by atoms with Gasteiger partial charge in [0.15, 0.2) is 0 Å². The maximum atomic E-state index is 12.1. The fraction of sp³-hybridized carbons (Fsp3) is 0.533. The molecule has 0 bridgehead atoms.